The Morgan fingerprint density at radius 3 is 2.90 bits per heavy atom. The molecule has 0 amide bonds. The number of aromatic nitrogens is 2. The highest BCUT2D eigenvalue weighted by molar-refractivity contribution is 5.88. The summed E-state index contributed by atoms with van der Waals surface area (Å²) in [5.41, 5.74) is 0.739. The van der Waals surface area contributed by atoms with Crippen molar-refractivity contribution in [3.05, 3.63) is 30.3 Å². The van der Waals surface area contributed by atoms with E-state index in [0.29, 0.717) is 11.2 Å². The van der Waals surface area contributed by atoms with E-state index >= 15 is 0 Å². The molecule has 2 aromatic rings. The first-order valence-electron chi connectivity index (χ1n) is 7.03. The third-order valence-electron chi connectivity index (χ3n) is 3.00. The summed E-state index contributed by atoms with van der Waals surface area (Å²) in [7, 11) is 0. The Labute approximate surface area is 118 Å². The van der Waals surface area contributed by atoms with Gasteiger partial charge in [0.2, 0.25) is 0 Å². The predicted molar refractivity (Wildman–Crippen MR) is 78.3 cm³/mol. The van der Waals surface area contributed by atoms with Gasteiger partial charge in [-0.1, -0.05) is 13.3 Å². The fourth-order valence-electron chi connectivity index (χ4n) is 1.90. The Morgan fingerprint density at radius 2 is 2.05 bits per heavy atom. The van der Waals surface area contributed by atoms with Crippen LogP contribution in [0.2, 0.25) is 0 Å². The lowest BCUT2D eigenvalue weighted by Crippen LogP contribution is -2.08. The molecule has 4 nitrogen and oxygen atoms in total. The molecule has 0 bridgehead atoms. The van der Waals surface area contributed by atoms with Gasteiger partial charge in [-0.25, -0.2) is 14.4 Å². The van der Waals surface area contributed by atoms with E-state index in [-0.39, 0.29) is 5.82 Å². The average molecular weight is 277 g/mol. The number of nitrogens with one attached hydrogen (secondary N) is 1. The lowest BCUT2D eigenvalue weighted by molar-refractivity contribution is 0.131. The van der Waals surface area contributed by atoms with Crippen molar-refractivity contribution in [2.24, 2.45) is 0 Å². The van der Waals surface area contributed by atoms with Crippen LogP contribution in [0.25, 0.3) is 10.9 Å². The number of fused-ring (bicyclic) bond motifs is 1. The molecule has 2 rings (SSSR count). The Morgan fingerprint density at radius 1 is 1.20 bits per heavy atom. The van der Waals surface area contributed by atoms with Crippen molar-refractivity contribution >= 4 is 16.7 Å². The molecule has 5 heteroatoms. The summed E-state index contributed by atoms with van der Waals surface area (Å²) in [5, 5.41) is 3.92. The van der Waals surface area contributed by atoms with Crippen molar-refractivity contribution in [3.63, 3.8) is 0 Å². The second-order valence-corrected chi connectivity index (χ2v) is 4.63. The largest absolute Gasteiger partial charge is 0.381 e. The highest BCUT2D eigenvalue weighted by Crippen LogP contribution is 2.19. The van der Waals surface area contributed by atoms with Gasteiger partial charge in [0.15, 0.2) is 0 Å². The quantitative estimate of drug-likeness (QED) is 0.751. The minimum Gasteiger partial charge on any atom is -0.381 e. The standard InChI is InChI=1S/C15H20FN3O/c1-2-3-8-20-9-4-7-17-15-13-10-12(16)5-6-14(13)18-11-19-15/h5-6,10-11H,2-4,7-9H2,1H3,(H,17,18,19). The fraction of sp³-hybridized carbons (Fsp3) is 0.467. The molecule has 0 spiro atoms. The van der Waals surface area contributed by atoms with Gasteiger partial charge in [0.05, 0.1) is 5.52 Å². The van der Waals surface area contributed by atoms with Crippen LogP contribution in [0.15, 0.2) is 24.5 Å². The van der Waals surface area contributed by atoms with Crippen LogP contribution in [0.1, 0.15) is 26.2 Å². The highest BCUT2D eigenvalue weighted by atomic mass is 19.1. The average Bonchev–Trinajstić information content (AvgIpc) is 2.46. The molecule has 108 valence electrons. The summed E-state index contributed by atoms with van der Waals surface area (Å²) in [6.45, 7) is 4.43. The molecular formula is C15H20FN3O. The van der Waals surface area contributed by atoms with Crippen molar-refractivity contribution in [2.45, 2.75) is 26.2 Å². The minimum atomic E-state index is -0.279. The smallest absolute Gasteiger partial charge is 0.137 e. The predicted octanol–water partition coefficient (Wildman–Crippen LogP) is 3.39. The van der Waals surface area contributed by atoms with Crippen LogP contribution in [0.5, 0.6) is 0 Å². The molecule has 20 heavy (non-hydrogen) atoms. The zero-order valence-electron chi connectivity index (χ0n) is 11.7. The maximum absolute atomic E-state index is 13.3. The van der Waals surface area contributed by atoms with E-state index in [2.05, 4.69) is 22.2 Å². The molecule has 0 saturated carbocycles. The third kappa shape index (κ3) is 4.13. The number of ether oxygens (including phenoxy) is 1. The fourth-order valence-corrected chi connectivity index (χ4v) is 1.90. The number of hydrogen-bond acceptors (Lipinski definition) is 4. The van der Waals surface area contributed by atoms with Crippen molar-refractivity contribution in [3.8, 4) is 0 Å². The molecule has 0 atom stereocenters. The van der Waals surface area contributed by atoms with Gasteiger partial charge in [-0.3, -0.25) is 0 Å². The van der Waals surface area contributed by atoms with Crippen molar-refractivity contribution in [1.29, 1.82) is 0 Å². The molecule has 0 fully saturated rings. The Bertz CT molecular complexity index is 548. The Hall–Kier alpha value is -1.75. The molecule has 0 aliphatic carbocycles. The van der Waals surface area contributed by atoms with Crippen LogP contribution >= 0.6 is 0 Å². The topological polar surface area (TPSA) is 47.0 Å². The number of rotatable bonds is 8. The summed E-state index contributed by atoms with van der Waals surface area (Å²) in [4.78, 5) is 8.28. The lowest BCUT2D eigenvalue weighted by Gasteiger charge is -2.08. The molecule has 1 heterocycles. The minimum absolute atomic E-state index is 0.279. The van der Waals surface area contributed by atoms with E-state index in [0.717, 1.165) is 44.5 Å². The summed E-state index contributed by atoms with van der Waals surface area (Å²) in [6, 6.07) is 4.52. The van der Waals surface area contributed by atoms with Gasteiger partial charge in [-0.2, -0.15) is 0 Å². The normalized spacial score (nSPS) is 10.9. The molecule has 0 aliphatic heterocycles. The van der Waals surface area contributed by atoms with Gasteiger partial charge in [0, 0.05) is 25.1 Å². The number of anilines is 1. The van der Waals surface area contributed by atoms with E-state index in [4.69, 9.17) is 4.74 Å². The van der Waals surface area contributed by atoms with Gasteiger partial charge in [0.1, 0.15) is 18.0 Å². The Kier molecular flexibility index (Phi) is 5.68. The van der Waals surface area contributed by atoms with Gasteiger partial charge in [0.25, 0.3) is 0 Å². The van der Waals surface area contributed by atoms with Crippen molar-refractivity contribution in [2.75, 3.05) is 25.1 Å². The van der Waals surface area contributed by atoms with Crippen LogP contribution in [-0.2, 0) is 4.74 Å². The number of halogens is 1. The van der Waals surface area contributed by atoms with E-state index in [1.807, 2.05) is 0 Å². The number of unbranched alkanes of at least 4 members (excludes halogenated alkanes) is 1. The van der Waals surface area contributed by atoms with Gasteiger partial charge in [-0.05, 0) is 31.0 Å². The molecule has 0 saturated heterocycles. The summed E-state index contributed by atoms with van der Waals surface area (Å²) in [5.74, 6) is 0.390. The zero-order valence-corrected chi connectivity index (χ0v) is 11.7. The van der Waals surface area contributed by atoms with E-state index in [1.165, 1.54) is 18.5 Å². The molecule has 0 unspecified atom stereocenters. The maximum Gasteiger partial charge on any atom is 0.137 e. The third-order valence-corrected chi connectivity index (χ3v) is 3.00. The lowest BCUT2D eigenvalue weighted by atomic mass is 10.2. The van der Waals surface area contributed by atoms with Gasteiger partial charge < -0.3 is 10.1 Å². The van der Waals surface area contributed by atoms with Crippen LogP contribution in [-0.4, -0.2) is 29.7 Å². The highest BCUT2D eigenvalue weighted by Gasteiger charge is 2.04. The van der Waals surface area contributed by atoms with Gasteiger partial charge in [-0.15, -0.1) is 0 Å². The maximum atomic E-state index is 13.3. The van der Waals surface area contributed by atoms with Crippen LogP contribution in [0.3, 0.4) is 0 Å². The van der Waals surface area contributed by atoms with Crippen molar-refractivity contribution < 1.29 is 9.13 Å². The van der Waals surface area contributed by atoms with Crippen molar-refractivity contribution in [1.82, 2.24) is 9.97 Å². The zero-order chi connectivity index (χ0) is 14.2. The number of hydrogen-bond donors (Lipinski definition) is 1. The van der Waals surface area contributed by atoms with Gasteiger partial charge >= 0.3 is 0 Å². The first kappa shape index (κ1) is 14.7. The summed E-state index contributed by atoms with van der Waals surface area (Å²) >= 11 is 0. The monoisotopic (exact) mass is 277 g/mol. The second kappa shape index (κ2) is 7.75. The number of benzene rings is 1. The first-order valence-corrected chi connectivity index (χ1v) is 7.03. The SMILES string of the molecule is CCCCOCCCNc1ncnc2ccc(F)cc12. The number of nitrogens with zero attached hydrogens (tertiary/aromatic N) is 2. The van der Waals surface area contributed by atoms with Crippen LogP contribution < -0.4 is 5.32 Å². The second-order valence-electron chi connectivity index (χ2n) is 4.63. The molecule has 0 aliphatic rings. The molecule has 1 N–H and O–H groups in total. The summed E-state index contributed by atoms with van der Waals surface area (Å²) < 4.78 is 18.8. The summed E-state index contributed by atoms with van der Waals surface area (Å²) in [6.07, 6.45) is 4.63. The van der Waals surface area contributed by atoms with Crippen LogP contribution in [0, 0.1) is 5.82 Å². The Balaban J connectivity index is 1.85. The van der Waals surface area contributed by atoms with Crippen LogP contribution in [0.4, 0.5) is 10.2 Å². The first-order chi connectivity index (χ1) is 9.81. The van der Waals surface area contributed by atoms with E-state index in [9.17, 15) is 4.39 Å². The molecular weight excluding hydrogens is 257 g/mol. The van der Waals surface area contributed by atoms with E-state index < -0.39 is 0 Å². The molecule has 1 aromatic heterocycles. The molecule has 1 aromatic carbocycles. The van der Waals surface area contributed by atoms with E-state index in [1.54, 1.807) is 6.07 Å². The molecule has 0 radical (unpaired) electrons.